The number of hydrogen-bond acceptors (Lipinski definition) is 5. The first-order valence-electron chi connectivity index (χ1n) is 6.98. The third-order valence-corrected chi connectivity index (χ3v) is 4.49. The third-order valence-electron chi connectivity index (χ3n) is 3.19. The molecule has 3 aromatic rings. The molecule has 0 aliphatic carbocycles. The SMILES string of the molecule is C[C@@H](NC(=O)Cn1nnc(-c2ccc(Cl)cc2)n1)c1cccs1. The van der Waals surface area contributed by atoms with Crippen LogP contribution in [0.2, 0.25) is 5.02 Å². The van der Waals surface area contributed by atoms with Crippen LogP contribution in [-0.4, -0.2) is 26.1 Å². The van der Waals surface area contributed by atoms with Crippen LogP contribution < -0.4 is 5.32 Å². The van der Waals surface area contributed by atoms with Crippen molar-refractivity contribution in [3.8, 4) is 11.4 Å². The van der Waals surface area contributed by atoms with E-state index in [2.05, 4.69) is 20.7 Å². The van der Waals surface area contributed by atoms with E-state index in [1.54, 1.807) is 23.5 Å². The van der Waals surface area contributed by atoms with Gasteiger partial charge in [-0.2, -0.15) is 4.80 Å². The maximum atomic E-state index is 12.1. The molecule has 1 N–H and O–H groups in total. The highest BCUT2D eigenvalue weighted by Crippen LogP contribution is 2.18. The van der Waals surface area contributed by atoms with Gasteiger partial charge in [-0.1, -0.05) is 17.7 Å². The van der Waals surface area contributed by atoms with E-state index in [-0.39, 0.29) is 18.5 Å². The fraction of sp³-hybridized carbons (Fsp3) is 0.200. The van der Waals surface area contributed by atoms with Gasteiger partial charge in [0.25, 0.3) is 0 Å². The molecule has 2 heterocycles. The summed E-state index contributed by atoms with van der Waals surface area (Å²) in [6.07, 6.45) is 0. The highest BCUT2D eigenvalue weighted by Gasteiger charge is 2.13. The summed E-state index contributed by atoms with van der Waals surface area (Å²) in [4.78, 5) is 14.4. The number of nitrogens with zero attached hydrogens (tertiary/aromatic N) is 4. The van der Waals surface area contributed by atoms with E-state index in [0.717, 1.165) is 10.4 Å². The smallest absolute Gasteiger partial charge is 0.244 e. The van der Waals surface area contributed by atoms with Crippen molar-refractivity contribution in [3.05, 3.63) is 51.7 Å². The van der Waals surface area contributed by atoms with E-state index >= 15 is 0 Å². The van der Waals surface area contributed by atoms with Crippen molar-refractivity contribution < 1.29 is 4.79 Å². The second-order valence-electron chi connectivity index (χ2n) is 4.95. The number of rotatable bonds is 5. The van der Waals surface area contributed by atoms with Crippen LogP contribution in [0.1, 0.15) is 17.8 Å². The first-order chi connectivity index (χ1) is 11.1. The monoisotopic (exact) mass is 347 g/mol. The Hall–Kier alpha value is -2.25. The normalized spacial score (nSPS) is 12.1. The van der Waals surface area contributed by atoms with Crippen molar-refractivity contribution in [2.45, 2.75) is 19.5 Å². The van der Waals surface area contributed by atoms with Gasteiger partial charge in [0.15, 0.2) is 0 Å². The van der Waals surface area contributed by atoms with Gasteiger partial charge in [-0.05, 0) is 47.8 Å². The second-order valence-corrected chi connectivity index (χ2v) is 6.37. The molecule has 3 rings (SSSR count). The van der Waals surface area contributed by atoms with Gasteiger partial charge in [-0.15, -0.1) is 21.5 Å². The largest absolute Gasteiger partial charge is 0.347 e. The van der Waals surface area contributed by atoms with Gasteiger partial charge in [-0.25, -0.2) is 0 Å². The van der Waals surface area contributed by atoms with Crippen LogP contribution in [0.15, 0.2) is 41.8 Å². The molecule has 6 nitrogen and oxygen atoms in total. The van der Waals surface area contributed by atoms with Crippen LogP contribution in [0.4, 0.5) is 0 Å². The summed E-state index contributed by atoms with van der Waals surface area (Å²) in [6, 6.07) is 11.0. The molecule has 8 heteroatoms. The molecule has 0 aliphatic rings. The number of hydrogen-bond donors (Lipinski definition) is 1. The molecular weight excluding hydrogens is 334 g/mol. The molecule has 23 heavy (non-hydrogen) atoms. The number of amides is 1. The third kappa shape index (κ3) is 3.94. The number of benzene rings is 1. The maximum absolute atomic E-state index is 12.1. The number of nitrogens with one attached hydrogen (secondary N) is 1. The summed E-state index contributed by atoms with van der Waals surface area (Å²) in [7, 11) is 0. The molecule has 2 aromatic heterocycles. The van der Waals surface area contributed by atoms with Crippen LogP contribution in [-0.2, 0) is 11.3 Å². The lowest BCUT2D eigenvalue weighted by Crippen LogP contribution is -2.30. The molecule has 1 aromatic carbocycles. The summed E-state index contributed by atoms with van der Waals surface area (Å²) in [6.45, 7) is 1.97. The van der Waals surface area contributed by atoms with E-state index in [0.29, 0.717) is 10.8 Å². The molecule has 118 valence electrons. The Morgan fingerprint density at radius 3 is 2.83 bits per heavy atom. The van der Waals surface area contributed by atoms with Crippen LogP contribution in [0.25, 0.3) is 11.4 Å². The molecule has 0 saturated carbocycles. The number of aromatic nitrogens is 4. The second kappa shape index (κ2) is 6.89. The van der Waals surface area contributed by atoms with Gasteiger partial charge in [0.05, 0.1) is 6.04 Å². The Morgan fingerprint density at radius 1 is 1.35 bits per heavy atom. The minimum Gasteiger partial charge on any atom is -0.347 e. The van der Waals surface area contributed by atoms with Gasteiger partial charge in [-0.3, -0.25) is 4.79 Å². The van der Waals surface area contributed by atoms with Crippen molar-refractivity contribution in [3.63, 3.8) is 0 Å². The topological polar surface area (TPSA) is 72.7 Å². The molecule has 0 fully saturated rings. The average Bonchev–Trinajstić information content (AvgIpc) is 3.19. The van der Waals surface area contributed by atoms with Gasteiger partial charge in [0.2, 0.25) is 11.7 Å². The molecule has 0 aliphatic heterocycles. The van der Waals surface area contributed by atoms with Crippen LogP contribution in [0.5, 0.6) is 0 Å². The van der Waals surface area contributed by atoms with Crippen LogP contribution in [0.3, 0.4) is 0 Å². The van der Waals surface area contributed by atoms with Crippen LogP contribution >= 0.6 is 22.9 Å². The highest BCUT2D eigenvalue weighted by molar-refractivity contribution is 7.10. The van der Waals surface area contributed by atoms with Crippen molar-refractivity contribution >= 4 is 28.8 Å². The quantitative estimate of drug-likeness (QED) is 0.770. The molecule has 0 unspecified atom stereocenters. The highest BCUT2D eigenvalue weighted by atomic mass is 35.5. The zero-order valence-corrected chi connectivity index (χ0v) is 13.9. The summed E-state index contributed by atoms with van der Waals surface area (Å²) in [5.74, 6) is 0.298. The fourth-order valence-electron chi connectivity index (χ4n) is 2.05. The van der Waals surface area contributed by atoms with Gasteiger partial charge < -0.3 is 5.32 Å². The van der Waals surface area contributed by atoms with E-state index in [1.165, 1.54) is 4.80 Å². The predicted molar refractivity (Wildman–Crippen MR) is 89.1 cm³/mol. The summed E-state index contributed by atoms with van der Waals surface area (Å²) >= 11 is 7.46. The Labute approximate surface area is 142 Å². The van der Waals surface area contributed by atoms with Crippen LogP contribution in [0, 0.1) is 0 Å². The lowest BCUT2D eigenvalue weighted by atomic mass is 10.2. The maximum Gasteiger partial charge on any atom is 0.244 e. The summed E-state index contributed by atoms with van der Waals surface area (Å²) < 4.78 is 0. The van der Waals surface area contributed by atoms with Crippen molar-refractivity contribution in [2.75, 3.05) is 0 Å². The fourth-order valence-corrected chi connectivity index (χ4v) is 2.91. The Bertz CT molecular complexity index is 785. The first kappa shape index (κ1) is 15.6. The lowest BCUT2D eigenvalue weighted by molar-refractivity contribution is -0.122. The van der Waals surface area contributed by atoms with E-state index in [1.807, 2.05) is 36.6 Å². The molecule has 0 bridgehead atoms. The molecule has 1 atom stereocenters. The van der Waals surface area contributed by atoms with E-state index in [9.17, 15) is 4.79 Å². The summed E-state index contributed by atoms with van der Waals surface area (Å²) in [5.41, 5.74) is 0.799. The average molecular weight is 348 g/mol. The molecule has 0 saturated heterocycles. The Balaban J connectivity index is 1.62. The number of thiophene rings is 1. The molecule has 0 spiro atoms. The van der Waals surface area contributed by atoms with E-state index in [4.69, 9.17) is 11.6 Å². The number of halogens is 1. The minimum atomic E-state index is -0.161. The van der Waals surface area contributed by atoms with Gasteiger partial charge in [0.1, 0.15) is 6.54 Å². The number of carbonyl (C=O) groups is 1. The molecular formula is C15H14ClN5OS. The zero-order chi connectivity index (χ0) is 16.2. The number of tetrazole rings is 1. The molecule has 0 radical (unpaired) electrons. The van der Waals surface area contributed by atoms with Gasteiger partial charge >= 0.3 is 0 Å². The lowest BCUT2D eigenvalue weighted by Gasteiger charge is -2.11. The van der Waals surface area contributed by atoms with Crippen molar-refractivity contribution in [1.29, 1.82) is 0 Å². The standard InChI is InChI=1S/C15H14ClN5OS/c1-10(13-3-2-8-23-13)17-14(22)9-21-19-15(18-20-21)11-4-6-12(16)7-5-11/h2-8,10H,9H2,1H3,(H,17,22)/t10-/m1/s1. The minimum absolute atomic E-state index is 0.0241. The first-order valence-corrected chi connectivity index (χ1v) is 8.24. The molecule has 1 amide bonds. The van der Waals surface area contributed by atoms with Crippen molar-refractivity contribution in [2.24, 2.45) is 0 Å². The van der Waals surface area contributed by atoms with Gasteiger partial charge in [0, 0.05) is 15.5 Å². The Morgan fingerprint density at radius 2 is 2.13 bits per heavy atom. The predicted octanol–water partition coefficient (Wildman–Crippen LogP) is 2.93. The summed E-state index contributed by atoms with van der Waals surface area (Å²) in [5, 5.41) is 17.6. The Kier molecular flexibility index (Phi) is 4.68. The zero-order valence-electron chi connectivity index (χ0n) is 12.3. The van der Waals surface area contributed by atoms with E-state index < -0.39 is 0 Å². The number of carbonyl (C=O) groups excluding carboxylic acids is 1. The van der Waals surface area contributed by atoms with Crippen molar-refractivity contribution in [1.82, 2.24) is 25.5 Å².